The molecule has 0 aliphatic heterocycles. The van der Waals surface area contributed by atoms with E-state index < -0.39 is 0 Å². The lowest BCUT2D eigenvalue weighted by Crippen LogP contribution is -2.06. The van der Waals surface area contributed by atoms with E-state index >= 15 is 0 Å². The van der Waals surface area contributed by atoms with Gasteiger partial charge in [-0.05, 0) is 29.3 Å². The van der Waals surface area contributed by atoms with Crippen molar-refractivity contribution >= 4 is 17.7 Å². The van der Waals surface area contributed by atoms with E-state index in [2.05, 4.69) is 0 Å². The van der Waals surface area contributed by atoms with Crippen molar-refractivity contribution in [2.45, 2.75) is 17.1 Å². The van der Waals surface area contributed by atoms with Crippen LogP contribution in [0.15, 0.2) is 53.4 Å². The largest absolute Gasteiger partial charge is 0.469 e. The van der Waals surface area contributed by atoms with Crippen LogP contribution in [0.5, 0.6) is 0 Å². The highest BCUT2D eigenvalue weighted by Crippen LogP contribution is 2.25. The van der Waals surface area contributed by atoms with Crippen molar-refractivity contribution in [3.63, 3.8) is 0 Å². The number of hydrogen-bond acceptors (Lipinski definition) is 3. The molecule has 0 aromatic heterocycles. The van der Waals surface area contributed by atoms with E-state index in [9.17, 15) is 9.18 Å². The zero-order chi connectivity index (χ0) is 14.4. The van der Waals surface area contributed by atoms with Gasteiger partial charge in [-0.3, -0.25) is 4.79 Å². The number of benzene rings is 2. The minimum absolute atomic E-state index is 0.238. The van der Waals surface area contributed by atoms with Crippen molar-refractivity contribution in [1.82, 2.24) is 0 Å². The van der Waals surface area contributed by atoms with Gasteiger partial charge in [0.1, 0.15) is 5.82 Å². The van der Waals surface area contributed by atoms with E-state index in [0.29, 0.717) is 5.75 Å². The molecule has 0 saturated carbocycles. The number of carbonyl (C=O) groups excluding carboxylic acids is 1. The molecule has 0 spiro atoms. The van der Waals surface area contributed by atoms with E-state index in [0.717, 1.165) is 16.0 Å². The van der Waals surface area contributed by atoms with Gasteiger partial charge in [0.05, 0.1) is 13.5 Å². The summed E-state index contributed by atoms with van der Waals surface area (Å²) in [6, 6.07) is 14.2. The zero-order valence-corrected chi connectivity index (χ0v) is 12.0. The Hall–Kier alpha value is -1.81. The summed E-state index contributed by atoms with van der Waals surface area (Å²) in [5.41, 5.74) is 2.01. The molecule has 0 atom stereocenters. The van der Waals surface area contributed by atoms with E-state index in [1.807, 2.05) is 30.3 Å². The average molecular weight is 290 g/mol. The van der Waals surface area contributed by atoms with Gasteiger partial charge in [-0.25, -0.2) is 4.39 Å². The summed E-state index contributed by atoms with van der Waals surface area (Å²) in [5, 5.41) is 0. The number of thioether (sulfide) groups is 1. The molecule has 0 bridgehead atoms. The molecule has 2 nitrogen and oxygen atoms in total. The predicted octanol–water partition coefficient (Wildman–Crippen LogP) is 3.83. The molecule has 0 saturated heterocycles. The van der Waals surface area contributed by atoms with Crippen molar-refractivity contribution in [2.24, 2.45) is 0 Å². The van der Waals surface area contributed by atoms with E-state index in [1.54, 1.807) is 17.8 Å². The molecule has 0 heterocycles. The van der Waals surface area contributed by atoms with Crippen molar-refractivity contribution < 1.29 is 13.9 Å². The summed E-state index contributed by atoms with van der Waals surface area (Å²) in [4.78, 5) is 12.2. The Morgan fingerprint density at radius 2 is 1.90 bits per heavy atom. The van der Waals surface area contributed by atoms with E-state index in [1.165, 1.54) is 19.2 Å². The first kappa shape index (κ1) is 14.6. The highest BCUT2D eigenvalue weighted by atomic mass is 32.2. The summed E-state index contributed by atoms with van der Waals surface area (Å²) in [5.74, 6) is 0.197. The van der Waals surface area contributed by atoms with Crippen LogP contribution in [0.2, 0.25) is 0 Å². The molecule has 0 unspecified atom stereocenters. The molecule has 0 aliphatic rings. The van der Waals surface area contributed by atoms with Gasteiger partial charge < -0.3 is 4.74 Å². The van der Waals surface area contributed by atoms with Crippen LogP contribution in [0.25, 0.3) is 0 Å². The maximum Gasteiger partial charge on any atom is 0.309 e. The minimum Gasteiger partial charge on any atom is -0.469 e. The fourth-order valence-electron chi connectivity index (χ4n) is 1.82. The van der Waals surface area contributed by atoms with E-state index in [-0.39, 0.29) is 18.2 Å². The van der Waals surface area contributed by atoms with Crippen molar-refractivity contribution in [2.75, 3.05) is 7.11 Å². The molecule has 20 heavy (non-hydrogen) atoms. The van der Waals surface area contributed by atoms with Crippen LogP contribution in [0.4, 0.5) is 4.39 Å². The third-order valence-corrected chi connectivity index (χ3v) is 3.91. The van der Waals surface area contributed by atoms with Crippen molar-refractivity contribution in [3.05, 3.63) is 65.5 Å². The quantitative estimate of drug-likeness (QED) is 0.618. The Balaban J connectivity index is 2.07. The number of carbonyl (C=O) groups is 1. The van der Waals surface area contributed by atoms with Crippen LogP contribution in [0.3, 0.4) is 0 Å². The second-order valence-electron chi connectivity index (χ2n) is 4.27. The van der Waals surface area contributed by atoms with Gasteiger partial charge >= 0.3 is 5.97 Å². The molecule has 0 N–H and O–H groups in total. The highest BCUT2D eigenvalue weighted by molar-refractivity contribution is 7.98. The number of halogens is 1. The van der Waals surface area contributed by atoms with Gasteiger partial charge in [0.25, 0.3) is 0 Å². The number of methoxy groups -OCH3 is 1. The van der Waals surface area contributed by atoms with E-state index in [4.69, 9.17) is 4.74 Å². The van der Waals surface area contributed by atoms with Gasteiger partial charge in [0.15, 0.2) is 0 Å². The Morgan fingerprint density at radius 3 is 2.60 bits per heavy atom. The zero-order valence-electron chi connectivity index (χ0n) is 11.1. The summed E-state index contributed by atoms with van der Waals surface area (Å²) in [6.07, 6.45) is 0.260. The second kappa shape index (κ2) is 7.10. The molecule has 0 radical (unpaired) electrons. The summed E-state index contributed by atoms with van der Waals surface area (Å²) >= 11 is 1.54. The Labute approximate surface area is 122 Å². The average Bonchev–Trinajstić information content (AvgIpc) is 2.46. The maximum absolute atomic E-state index is 13.1. The predicted molar refractivity (Wildman–Crippen MR) is 78.1 cm³/mol. The van der Waals surface area contributed by atoms with Crippen LogP contribution >= 0.6 is 11.8 Å². The highest BCUT2D eigenvalue weighted by Gasteiger charge is 2.08. The molecule has 2 rings (SSSR count). The summed E-state index contributed by atoms with van der Waals surface area (Å²) in [6.45, 7) is 0. The fraction of sp³-hybridized carbons (Fsp3) is 0.188. The molecule has 104 valence electrons. The van der Waals surface area contributed by atoms with Crippen LogP contribution in [-0.2, 0) is 21.7 Å². The molecule has 0 amide bonds. The van der Waals surface area contributed by atoms with Crippen molar-refractivity contribution in [1.29, 1.82) is 0 Å². The number of rotatable bonds is 5. The monoisotopic (exact) mass is 290 g/mol. The van der Waals surface area contributed by atoms with Gasteiger partial charge in [-0.2, -0.15) is 0 Å². The SMILES string of the molecule is COC(=O)Cc1ccccc1CSc1cccc(F)c1. The Bertz CT molecular complexity index is 599. The minimum atomic E-state index is -0.256. The molecular weight excluding hydrogens is 275 g/mol. The maximum atomic E-state index is 13.1. The molecule has 2 aromatic carbocycles. The van der Waals surface area contributed by atoms with Gasteiger partial charge in [-0.15, -0.1) is 11.8 Å². The molecule has 4 heteroatoms. The van der Waals surface area contributed by atoms with Crippen LogP contribution < -0.4 is 0 Å². The number of hydrogen-bond donors (Lipinski definition) is 0. The fourth-order valence-corrected chi connectivity index (χ4v) is 2.79. The van der Waals surface area contributed by atoms with Crippen LogP contribution in [0, 0.1) is 5.82 Å². The normalized spacial score (nSPS) is 10.3. The summed E-state index contributed by atoms with van der Waals surface area (Å²) in [7, 11) is 1.38. The second-order valence-corrected chi connectivity index (χ2v) is 5.32. The molecule has 0 fully saturated rings. The third kappa shape index (κ3) is 4.10. The lowest BCUT2D eigenvalue weighted by atomic mass is 10.1. The topological polar surface area (TPSA) is 26.3 Å². The number of ether oxygens (including phenoxy) is 1. The van der Waals surface area contributed by atoms with Crippen LogP contribution in [-0.4, -0.2) is 13.1 Å². The van der Waals surface area contributed by atoms with Gasteiger partial charge in [0, 0.05) is 10.6 Å². The standard InChI is InChI=1S/C16H15FO2S/c1-19-16(18)9-12-5-2-3-6-13(12)11-20-15-8-4-7-14(17)10-15/h2-8,10H,9,11H2,1H3. The number of esters is 1. The molecule has 2 aromatic rings. The first-order valence-electron chi connectivity index (χ1n) is 6.21. The van der Waals surface area contributed by atoms with Crippen LogP contribution in [0.1, 0.15) is 11.1 Å². The van der Waals surface area contributed by atoms with Crippen molar-refractivity contribution in [3.8, 4) is 0 Å². The third-order valence-electron chi connectivity index (χ3n) is 2.87. The lowest BCUT2D eigenvalue weighted by molar-refractivity contribution is -0.139. The Kier molecular flexibility index (Phi) is 5.18. The van der Waals surface area contributed by atoms with Gasteiger partial charge in [0.2, 0.25) is 0 Å². The smallest absolute Gasteiger partial charge is 0.309 e. The Morgan fingerprint density at radius 1 is 1.15 bits per heavy atom. The first-order chi connectivity index (χ1) is 9.69. The summed E-state index contributed by atoms with van der Waals surface area (Å²) < 4.78 is 17.8. The molecular formula is C16H15FO2S. The lowest BCUT2D eigenvalue weighted by Gasteiger charge is -2.08. The first-order valence-corrected chi connectivity index (χ1v) is 7.19. The van der Waals surface area contributed by atoms with Gasteiger partial charge in [-0.1, -0.05) is 30.3 Å². The molecule has 0 aliphatic carbocycles.